The minimum atomic E-state index is -4.34. The number of rotatable bonds is 7. The van der Waals surface area contributed by atoms with E-state index >= 15 is 0 Å². The van der Waals surface area contributed by atoms with E-state index in [0.29, 0.717) is 60.2 Å². The van der Waals surface area contributed by atoms with E-state index in [1.165, 1.54) is 11.3 Å². The number of carbonyl (C=O) groups is 1. The highest BCUT2D eigenvalue weighted by molar-refractivity contribution is 5.86. The second-order valence-corrected chi connectivity index (χ2v) is 12.8. The maximum Gasteiger partial charge on any atom is 0.427 e. The number of nitrogens with zero attached hydrogens (tertiary/aromatic N) is 5. The molecule has 3 aliphatic carbocycles. The molecule has 7 rings (SSSR count). The molecule has 1 amide bonds. The van der Waals surface area contributed by atoms with Gasteiger partial charge in [-0.3, -0.25) is 5.32 Å². The minimum Gasteiger partial charge on any atom is -0.365 e. The zero-order valence-corrected chi connectivity index (χ0v) is 22.9. The molecule has 5 aliphatic rings. The number of hydrogen-bond donors (Lipinski definition) is 3. The summed E-state index contributed by atoms with van der Waals surface area (Å²) in [4.78, 5) is 32.3. The van der Waals surface area contributed by atoms with E-state index in [4.69, 9.17) is 14.8 Å². The van der Waals surface area contributed by atoms with Crippen molar-refractivity contribution in [1.82, 2.24) is 30.3 Å². The number of hydrogen-bond acceptors (Lipinski definition) is 8. The number of halogens is 3. The van der Waals surface area contributed by atoms with Gasteiger partial charge in [0.15, 0.2) is 23.5 Å². The summed E-state index contributed by atoms with van der Waals surface area (Å²) < 4.78 is 45.1. The molecule has 5 fully saturated rings. The minimum absolute atomic E-state index is 0.0448. The highest BCUT2D eigenvalue weighted by Crippen LogP contribution is 2.55. The lowest BCUT2D eigenvalue weighted by molar-refractivity contribution is -0.150. The van der Waals surface area contributed by atoms with Crippen molar-refractivity contribution < 1.29 is 22.8 Å². The quantitative estimate of drug-likeness (QED) is 0.438. The molecule has 13 heteroatoms. The third-order valence-electron chi connectivity index (χ3n) is 9.93. The number of amides is 1. The lowest BCUT2D eigenvalue weighted by atomic mass is 9.80. The molecule has 0 bridgehead atoms. The van der Waals surface area contributed by atoms with Gasteiger partial charge in [-0.15, -0.1) is 5.48 Å². The Balaban J connectivity index is 1.35. The van der Waals surface area contributed by atoms with Gasteiger partial charge >= 0.3 is 12.3 Å². The van der Waals surface area contributed by atoms with Gasteiger partial charge in [0.25, 0.3) is 0 Å². The number of fused-ring (bicyclic) bond motifs is 2. The van der Waals surface area contributed by atoms with Crippen LogP contribution < -0.4 is 21.0 Å². The van der Waals surface area contributed by atoms with Crippen LogP contribution in [0.25, 0.3) is 11.2 Å². The van der Waals surface area contributed by atoms with E-state index in [1.807, 2.05) is 4.57 Å². The van der Waals surface area contributed by atoms with Crippen molar-refractivity contribution in [2.45, 2.75) is 96.2 Å². The number of imidazole rings is 1. The smallest absolute Gasteiger partial charge is 0.365 e. The molecule has 4 unspecified atom stereocenters. The zero-order valence-electron chi connectivity index (χ0n) is 22.9. The number of aromatic nitrogens is 4. The van der Waals surface area contributed by atoms with Crippen LogP contribution in [0.3, 0.4) is 0 Å². The van der Waals surface area contributed by atoms with Crippen molar-refractivity contribution in [2.75, 3.05) is 16.8 Å². The van der Waals surface area contributed by atoms with Crippen LogP contribution in [0.1, 0.15) is 77.2 Å². The Morgan fingerprint density at radius 3 is 2.55 bits per heavy atom. The van der Waals surface area contributed by atoms with Crippen LogP contribution in [0.5, 0.6) is 0 Å². The SMILES string of the molecule is CC1CCC(Cn2c(N3CC4CC4C3C(F)(F)F)nc3nc(C4NOC(=O)N4)nc(N[C@H](C)C4CCC4)c32)CC1. The van der Waals surface area contributed by atoms with Crippen LogP contribution in [0.15, 0.2) is 0 Å². The van der Waals surface area contributed by atoms with Crippen LogP contribution in [0, 0.1) is 29.6 Å². The molecule has 218 valence electrons. The van der Waals surface area contributed by atoms with Crippen molar-refractivity contribution in [1.29, 1.82) is 0 Å². The molecule has 0 aromatic carbocycles. The number of piperidine rings is 1. The van der Waals surface area contributed by atoms with Crippen LogP contribution in [0.4, 0.5) is 29.7 Å². The number of nitrogens with one attached hydrogen (secondary N) is 3. The second-order valence-electron chi connectivity index (χ2n) is 12.8. The molecule has 0 radical (unpaired) electrons. The summed E-state index contributed by atoms with van der Waals surface area (Å²) in [6.45, 7) is 5.30. The van der Waals surface area contributed by atoms with Gasteiger partial charge in [0.05, 0.1) is 0 Å². The number of anilines is 2. The maximum atomic E-state index is 14.4. The van der Waals surface area contributed by atoms with Crippen molar-refractivity contribution in [3.8, 4) is 0 Å². The van der Waals surface area contributed by atoms with Crippen molar-refractivity contribution in [3.05, 3.63) is 5.82 Å². The monoisotopic (exact) mass is 562 g/mol. The molecule has 4 heterocycles. The Labute approximate surface area is 230 Å². The molecule has 40 heavy (non-hydrogen) atoms. The molecular weight excluding hydrogens is 525 g/mol. The zero-order chi connectivity index (χ0) is 27.8. The Morgan fingerprint density at radius 2 is 1.90 bits per heavy atom. The second kappa shape index (κ2) is 9.63. The highest BCUT2D eigenvalue weighted by atomic mass is 19.4. The largest absolute Gasteiger partial charge is 0.427 e. The first-order valence-electron chi connectivity index (χ1n) is 14.8. The van der Waals surface area contributed by atoms with Gasteiger partial charge in [-0.2, -0.15) is 18.2 Å². The Kier molecular flexibility index (Phi) is 6.28. The van der Waals surface area contributed by atoms with E-state index in [2.05, 4.69) is 34.9 Å². The van der Waals surface area contributed by atoms with Gasteiger partial charge in [-0.05, 0) is 68.6 Å². The number of alkyl halides is 3. The topological polar surface area (TPSA) is 109 Å². The first-order chi connectivity index (χ1) is 19.2. The molecule has 2 aromatic rings. The van der Waals surface area contributed by atoms with E-state index in [1.54, 1.807) is 0 Å². The summed E-state index contributed by atoms with van der Waals surface area (Å²) in [6.07, 6.45) is 2.57. The molecule has 2 saturated heterocycles. The number of carbonyl (C=O) groups excluding carboxylic acids is 1. The van der Waals surface area contributed by atoms with Gasteiger partial charge in [-0.25, -0.2) is 14.8 Å². The molecular formula is C27H37F3N8O2. The predicted octanol–water partition coefficient (Wildman–Crippen LogP) is 4.88. The van der Waals surface area contributed by atoms with Gasteiger partial charge in [-0.1, -0.05) is 26.2 Å². The summed E-state index contributed by atoms with van der Waals surface area (Å²) >= 11 is 0. The summed E-state index contributed by atoms with van der Waals surface area (Å²) in [5.74, 6) is 2.29. The van der Waals surface area contributed by atoms with Crippen LogP contribution >= 0.6 is 0 Å². The first-order valence-corrected chi connectivity index (χ1v) is 14.8. The molecule has 3 N–H and O–H groups in total. The van der Waals surface area contributed by atoms with E-state index in [9.17, 15) is 18.0 Å². The van der Waals surface area contributed by atoms with Crippen LogP contribution in [-0.4, -0.2) is 50.4 Å². The Morgan fingerprint density at radius 1 is 1.12 bits per heavy atom. The van der Waals surface area contributed by atoms with Gasteiger partial charge < -0.3 is 19.6 Å². The Bertz CT molecular complexity index is 1290. The van der Waals surface area contributed by atoms with E-state index in [-0.39, 0.29) is 23.7 Å². The predicted molar refractivity (Wildman–Crippen MR) is 141 cm³/mol. The Hall–Kier alpha value is -2.83. The molecule has 3 saturated carbocycles. The lowest BCUT2D eigenvalue weighted by Gasteiger charge is -2.33. The molecule has 0 spiro atoms. The normalized spacial score (nSPS) is 32.9. The van der Waals surface area contributed by atoms with Gasteiger partial charge in [0, 0.05) is 19.1 Å². The third-order valence-corrected chi connectivity index (χ3v) is 9.93. The lowest BCUT2D eigenvalue weighted by Crippen LogP contribution is -2.45. The standard InChI is InChI=1S/C27H37F3N8O2/c1-13-6-8-15(9-7-13)11-37-19-21(31-14(2)16-4-3-5-16)32-23(24-35-26(39)40-36-24)33-22(19)34-25(37)38-12-17-10-18(17)20(38)27(28,29)30/h13-18,20,24,36H,3-12H2,1-2H3,(H,35,39)(H,31,32,33)/t13?,14-,15?,17?,18?,20?,24?/m1/s1. The summed E-state index contributed by atoms with van der Waals surface area (Å²) in [6, 6.07) is -1.42. The van der Waals surface area contributed by atoms with Crippen LogP contribution in [-0.2, 0) is 11.4 Å². The van der Waals surface area contributed by atoms with Crippen molar-refractivity contribution in [3.63, 3.8) is 0 Å². The molecule has 2 aliphatic heterocycles. The number of hydroxylamine groups is 1. The first kappa shape index (κ1) is 26.1. The maximum absolute atomic E-state index is 14.4. The van der Waals surface area contributed by atoms with Crippen molar-refractivity contribution in [2.24, 2.45) is 29.6 Å². The van der Waals surface area contributed by atoms with Gasteiger partial charge in [0.2, 0.25) is 5.95 Å². The van der Waals surface area contributed by atoms with Crippen LogP contribution in [0.2, 0.25) is 0 Å². The van der Waals surface area contributed by atoms with Gasteiger partial charge in [0.1, 0.15) is 11.6 Å². The fraction of sp³-hybridized carbons (Fsp3) is 0.778. The fourth-order valence-electron chi connectivity index (χ4n) is 7.20. The van der Waals surface area contributed by atoms with E-state index < -0.39 is 24.5 Å². The summed E-state index contributed by atoms with van der Waals surface area (Å²) in [5, 5.41) is 6.20. The summed E-state index contributed by atoms with van der Waals surface area (Å²) in [5.41, 5.74) is 3.56. The highest BCUT2D eigenvalue weighted by Gasteiger charge is 2.63. The third kappa shape index (κ3) is 4.63. The average molecular weight is 563 g/mol. The fourth-order valence-corrected chi connectivity index (χ4v) is 7.20. The van der Waals surface area contributed by atoms with E-state index in [0.717, 1.165) is 38.5 Å². The average Bonchev–Trinajstić information content (AvgIpc) is 3.17. The van der Waals surface area contributed by atoms with Crippen molar-refractivity contribution >= 4 is 29.0 Å². The summed E-state index contributed by atoms with van der Waals surface area (Å²) in [7, 11) is 0. The molecule has 10 nitrogen and oxygen atoms in total. The molecule has 2 aromatic heterocycles. The molecule has 5 atom stereocenters.